The van der Waals surface area contributed by atoms with Gasteiger partial charge in [0.1, 0.15) is 11.7 Å². The van der Waals surface area contributed by atoms with Gasteiger partial charge in [-0.2, -0.15) is 4.98 Å². The number of aromatic nitrogens is 3. The second-order valence-electron chi connectivity index (χ2n) is 6.45. The summed E-state index contributed by atoms with van der Waals surface area (Å²) in [5, 5.41) is 7.16. The first kappa shape index (κ1) is 15.1. The minimum absolute atomic E-state index is 0.0120. The van der Waals surface area contributed by atoms with Crippen LogP contribution in [0.3, 0.4) is 0 Å². The van der Waals surface area contributed by atoms with Crippen molar-refractivity contribution in [2.45, 2.75) is 50.6 Å². The van der Waals surface area contributed by atoms with Crippen LogP contribution in [-0.2, 0) is 0 Å². The Bertz CT molecular complexity index is 696. The van der Waals surface area contributed by atoms with Crippen molar-refractivity contribution in [2.75, 3.05) is 6.54 Å². The number of amides is 2. The van der Waals surface area contributed by atoms with Crippen molar-refractivity contribution >= 4 is 6.03 Å². The highest BCUT2D eigenvalue weighted by atomic mass is 16.5. The van der Waals surface area contributed by atoms with Gasteiger partial charge in [0.25, 0.3) is 0 Å². The van der Waals surface area contributed by atoms with Gasteiger partial charge in [0.2, 0.25) is 11.7 Å². The van der Waals surface area contributed by atoms with Gasteiger partial charge >= 0.3 is 6.03 Å². The summed E-state index contributed by atoms with van der Waals surface area (Å²) < 4.78 is 5.43. The van der Waals surface area contributed by atoms with Gasteiger partial charge in [0.05, 0.1) is 0 Å². The predicted octanol–water partition coefficient (Wildman–Crippen LogP) is 2.92. The van der Waals surface area contributed by atoms with Crippen molar-refractivity contribution in [1.82, 2.24) is 25.3 Å². The predicted molar refractivity (Wildman–Crippen MR) is 87.0 cm³/mol. The summed E-state index contributed by atoms with van der Waals surface area (Å²) in [7, 11) is 0. The molecule has 126 valence electrons. The van der Waals surface area contributed by atoms with Crippen LogP contribution in [0.5, 0.6) is 0 Å². The lowest BCUT2D eigenvalue weighted by atomic mass is 10.2. The van der Waals surface area contributed by atoms with E-state index in [9.17, 15) is 4.79 Å². The monoisotopic (exact) mass is 327 g/mol. The summed E-state index contributed by atoms with van der Waals surface area (Å²) in [4.78, 5) is 23.1. The van der Waals surface area contributed by atoms with Gasteiger partial charge in [-0.05, 0) is 37.8 Å². The van der Waals surface area contributed by atoms with E-state index in [1.165, 1.54) is 12.8 Å². The zero-order valence-corrected chi connectivity index (χ0v) is 13.5. The molecule has 2 aliphatic rings. The minimum atomic E-state index is -0.142. The van der Waals surface area contributed by atoms with Crippen molar-refractivity contribution in [3.63, 3.8) is 0 Å². The summed E-state index contributed by atoms with van der Waals surface area (Å²) >= 11 is 0. The van der Waals surface area contributed by atoms with E-state index < -0.39 is 0 Å². The Morgan fingerprint density at radius 3 is 2.88 bits per heavy atom. The van der Waals surface area contributed by atoms with Crippen molar-refractivity contribution in [3.05, 3.63) is 30.3 Å². The molecule has 1 atom stereocenters. The van der Waals surface area contributed by atoms with E-state index in [0.29, 0.717) is 23.5 Å². The molecule has 0 bridgehead atoms. The van der Waals surface area contributed by atoms with Crippen LogP contribution in [0.1, 0.15) is 50.5 Å². The lowest BCUT2D eigenvalue weighted by Gasteiger charge is -2.24. The molecule has 3 heterocycles. The zero-order chi connectivity index (χ0) is 16.4. The van der Waals surface area contributed by atoms with Crippen molar-refractivity contribution in [3.8, 4) is 11.5 Å². The fourth-order valence-electron chi connectivity index (χ4n) is 3.56. The highest BCUT2D eigenvalue weighted by Crippen LogP contribution is 2.32. The largest absolute Gasteiger partial charge is 0.337 e. The van der Waals surface area contributed by atoms with Crippen LogP contribution in [-0.4, -0.2) is 38.6 Å². The minimum Gasteiger partial charge on any atom is -0.337 e. The van der Waals surface area contributed by atoms with Gasteiger partial charge < -0.3 is 14.7 Å². The average molecular weight is 327 g/mol. The fourth-order valence-corrected chi connectivity index (χ4v) is 3.56. The molecule has 2 aromatic rings. The van der Waals surface area contributed by atoms with Crippen LogP contribution in [0.25, 0.3) is 11.5 Å². The Morgan fingerprint density at radius 2 is 2.08 bits per heavy atom. The van der Waals surface area contributed by atoms with E-state index in [1.807, 2.05) is 23.1 Å². The summed E-state index contributed by atoms with van der Waals surface area (Å²) in [6, 6.07) is 5.73. The van der Waals surface area contributed by atoms with Gasteiger partial charge in [-0.15, -0.1) is 0 Å². The quantitative estimate of drug-likeness (QED) is 0.937. The van der Waals surface area contributed by atoms with Crippen LogP contribution >= 0.6 is 0 Å². The topological polar surface area (TPSA) is 84.2 Å². The maximum Gasteiger partial charge on any atom is 0.318 e. The summed E-state index contributed by atoms with van der Waals surface area (Å²) in [6.45, 7) is 0.727. The number of urea groups is 1. The number of likely N-dealkylation sites (tertiary alicyclic amines) is 1. The standard InChI is InChI=1S/C17H21N5O2/c23-17(19-12-6-1-2-7-12)22-11-5-9-14(22)16-20-15(21-24-16)13-8-3-4-10-18-13/h3-4,8,10,12,14H,1-2,5-7,9,11H2,(H,19,23). The van der Waals surface area contributed by atoms with Crippen molar-refractivity contribution in [1.29, 1.82) is 0 Å². The van der Waals surface area contributed by atoms with Gasteiger partial charge in [-0.3, -0.25) is 4.98 Å². The number of pyridine rings is 1. The first-order chi connectivity index (χ1) is 11.8. The third kappa shape index (κ3) is 2.98. The molecule has 1 saturated carbocycles. The molecular weight excluding hydrogens is 306 g/mol. The number of hydrogen-bond donors (Lipinski definition) is 1. The van der Waals surface area contributed by atoms with Gasteiger partial charge in [0, 0.05) is 18.8 Å². The molecule has 0 radical (unpaired) electrons. The molecule has 1 aliphatic carbocycles. The molecular formula is C17H21N5O2. The van der Waals surface area contributed by atoms with Gasteiger partial charge in [-0.25, -0.2) is 4.79 Å². The molecule has 2 fully saturated rings. The normalized spacial score (nSPS) is 21.3. The number of carbonyl (C=O) groups excluding carboxylic acids is 1. The summed E-state index contributed by atoms with van der Waals surface area (Å²) in [5.74, 6) is 0.961. The van der Waals surface area contributed by atoms with E-state index in [2.05, 4.69) is 20.4 Å². The molecule has 2 amide bonds. The number of rotatable bonds is 3. The number of carbonyl (C=O) groups is 1. The zero-order valence-electron chi connectivity index (χ0n) is 13.5. The van der Waals surface area contributed by atoms with E-state index in [-0.39, 0.29) is 12.1 Å². The molecule has 2 aromatic heterocycles. The second-order valence-corrected chi connectivity index (χ2v) is 6.45. The maximum absolute atomic E-state index is 12.6. The second kappa shape index (κ2) is 6.59. The highest BCUT2D eigenvalue weighted by Gasteiger charge is 2.35. The van der Waals surface area contributed by atoms with Crippen molar-refractivity contribution in [2.24, 2.45) is 0 Å². The van der Waals surface area contributed by atoms with Crippen LogP contribution < -0.4 is 5.32 Å². The molecule has 1 aliphatic heterocycles. The smallest absolute Gasteiger partial charge is 0.318 e. The average Bonchev–Trinajstić information content (AvgIpc) is 3.36. The molecule has 4 rings (SSSR count). The molecule has 7 nitrogen and oxygen atoms in total. The number of nitrogens with zero attached hydrogens (tertiary/aromatic N) is 4. The van der Waals surface area contributed by atoms with Crippen LogP contribution in [0, 0.1) is 0 Å². The maximum atomic E-state index is 12.6. The molecule has 1 saturated heterocycles. The van der Waals surface area contributed by atoms with E-state index >= 15 is 0 Å². The first-order valence-electron chi connectivity index (χ1n) is 8.63. The van der Waals surface area contributed by atoms with Gasteiger partial charge in [0.15, 0.2) is 0 Å². The number of hydrogen-bond acceptors (Lipinski definition) is 5. The Balaban J connectivity index is 1.48. The lowest BCUT2D eigenvalue weighted by Crippen LogP contribution is -2.43. The Kier molecular flexibility index (Phi) is 4.15. The third-order valence-electron chi connectivity index (χ3n) is 4.82. The highest BCUT2D eigenvalue weighted by molar-refractivity contribution is 5.75. The first-order valence-corrected chi connectivity index (χ1v) is 8.63. The van der Waals surface area contributed by atoms with E-state index in [0.717, 1.165) is 32.2 Å². The Morgan fingerprint density at radius 1 is 1.21 bits per heavy atom. The third-order valence-corrected chi connectivity index (χ3v) is 4.82. The van der Waals surface area contributed by atoms with Gasteiger partial charge in [-0.1, -0.05) is 24.1 Å². The van der Waals surface area contributed by atoms with Crippen molar-refractivity contribution < 1.29 is 9.32 Å². The van der Waals surface area contributed by atoms with Crippen LogP contribution in [0.2, 0.25) is 0 Å². The molecule has 1 N–H and O–H groups in total. The molecule has 24 heavy (non-hydrogen) atoms. The number of nitrogens with one attached hydrogen (secondary N) is 1. The fraction of sp³-hybridized carbons (Fsp3) is 0.529. The van der Waals surface area contributed by atoms with E-state index in [4.69, 9.17) is 4.52 Å². The molecule has 7 heteroatoms. The lowest BCUT2D eigenvalue weighted by molar-refractivity contribution is 0.177. The van der Waals surface area contributed by atoms with Crippen LogP contribution in [0.15, 0.2) is 28.9 Å². The SMILES string of the molecule is O=C(NC1CCCC1)N1CCCC1c1nc(-c2ccccn2)no1. The van der Waals surface area contributed by atoms with E-state index in [1.54, 1.807) is 6.20 Å². The Labute approximate surface area is 140 Å². The Hall–Kier alpha value is -2.44. The molecule has 0 spiro atoms. The molecule has 0 aromatic carbocycles. The molecule has 1 unspecified atom stereocenters. The summed E-state index contributed by atoms with van der Waals surface area (Å²) in [6.07, 6.45) is 8.05. The van der Waals surface area contributed by atoms with Crippen LogP contribution in [0.4, 0.5) is 4.79 Å². The summed E-state index contributed by atoms with van der Waals surface area (Å²) in [5.41, 5.74) is 0.674.